The van der Waals surface area contributed by atoms with Crippen molar-refractivity contribution in [3.8, 4) is 0 Å². The Bertz CT molecular complexity index is 504. The van der Waals surface area contributed by atoms with E-state index in [0.29, 0.717) is 6.54 Å². The normalized spacial score (nSPS) is 17.6. The number of likely N-dealkylation sites (tertiary alicyclic amines) is 1. The Hall–Kier alpha value is -2.11. The highest BCUT2D eigenvalue weighted by molar-refractivity contribution is 5.81. The molecule has 0 aromatic heterocycles. The summed E-state index contributed by atoms with van der Waals surface area (Å²) in [6.07, 6.45) is 1.72. The fourth-order valence-corrected chi connectivity index (χ4v) is 2.50. The summed E-state index contributed by atoms with van der Waals surface area (Å²) in [5.74, 6) is -0.751. The summed E-state index contributed by atoms with van der Waals surface area (Å²) in [7, 11) is 0. The third-order valence-electron chi connectivity index (χ3n) is 3.46. The molecule has 1 N–H and O–H groups in total. The van der Waals surface area contributed by atoms with E-state index in [1.165, 1.54) is 12.1 Å². The molecule has 1 aromatic rings. The largest absolute Gasteiger partial charge is 0.465 e. The van der Waals surface area contributed by atoms with Gasteiger partial charge in [-0.1, -0.05) is 12.1 Å². The first-order valence-corrected chi connectivity index (χ1v) is 7.07. The summed E-state index contributed by atoms with van der Waals surface area (Å²) in [6.45, 7) is 2.48. The Morgan fingerprint density at radius 2 is 2.10 bits per heavy atom. The lowest BCUT2D eigenvalue weighted by atomic mass is 10.0. The molecule has 114 valence electrons. The van der Waals surface area contributed by atoms with Gasteiger partial charge in [-0.2, -0.15) is 0 Å². The van der Waals surface area contributed by atoms with Crippen LogP contribution in [0, 0.1) is 5.82 Å². The lowest BCUT2D eigenvalue weighted by Crippen LogP contribution is -2.42. The number of nitrogens with zero attached hydrogens (tertiary/aromatic N) is 1. The van der Waals surface area contributed by atoms with Crippen molar-refractivity contribution in [3.63, 3.8) is 0 Å². The van der Waals surface area contributed by atoms with Crippen molar-refractivity contribution in [3.05, 3.63) is 35.6 Å². The Labute approximate surface area is 123 Å². The molecule has 0 radical (unpaired) electrons. The summed E-state index contributed by atoms with van der Waals surface area (Å²) in [5.41, 5.74) is 0.903. The average Bonchev–Trinajstić information content (AvgIpc) is 2.95. The molecule has 1 aliphatic heterocycles. The third-order valence-corrected chi connectivity index (χ3v) is 3.46. The predicted molar refractivity (Wildman–Crippen MR) is 75.1 cm³/mol. The zero-order valence-electron chi connectivity index (χ0n) is 12.0. The van der Waals surface area contributed by atoms with Gasteiger partial charge in [0.1, 0.15) is 12.4 Å². The van der Waals surface area contributed by atoms with Gasteiger partial charge in [0, 0.05) is 6.54 Å². The second-order valence-corrected chi connectivity index (χ2v) is 4.87. The summed E-state index contributed by atoms with van der Waals surface area (Å²) >= 11 is 0. The predicted octanol–water partition coefficient (Wildman–Crippen LogP) is 2.24. The molecule has 0 aliphatic carbocycles. The average molecular weight is 294 g/mol. The molecule has 0 spiro atoms. The van der Waals surface area contributed by atoms with E-state index in [-0.39, 0.29) is 31.0 Å². The summed E-state index contributed by atoms with van der Waals surface area (Å²) in [6, 6.07) is 5.79. The number of hydrogen-bond acceptors (Lipinski definition) is 3. The van der Waals surface area contributed by atoms with Gasteiger partial charge in [0.15, 0.2) is 0 Å². The molecule has 6 heteroatoms. The number of esters is 1. The van der Waals surface area contributed by atoms with Crippen LogP contribution in [0.25, 0.3) is 0 Å². The van der Waals surface area contributed by atoms with E-state index in [1.54, 1.807) is 24.0 Å². The van der Waals surface area contributed by atoms with Crippen LogP contribution in [0.5, 0.6) is 0 Å². The number of halogens is 1. The summed E-state index contributed by atoms with van der Waals surface area (Å²) < 4.78 is 17.7. The van der Waals surface area contributed by atoms with Gasteiger partial charge in [-0.15, -0.1) is 0 Å². The van der Waals surface area contributed by atoms with Crippen molar-refractivity contribution >= 4 is 12.0 Å². The highest BCUT2D eigenvalue weighted by Crippen LogP contribution is 2.31. The molecule has 2 rings (SSSR count). The van der Waals surface area contributed by atoms with Crippen molar-refractivity contribution in [2.45, 2.75) is 25.8 Å². The van der Waals surface area contributed by atoms with Gasteiger partial charge >= 0.3 is 12.0 Å². The van der Waals surface area contributed by atoms with E-state index >= 15 is 0 Å². The van der Waals surface area contributed by atoms with Crippen LogP contribution >= 0.6 is 0 Å². The van der Waals surface area contributed by atoms with Gasteiger partial charge < -0.3 is 15.0 Å². The molecule has 1 heterocycles. The highest BCUT2D eigenvalue weighted by atomic mass is 19.1. The number of rotatable bonds is 4. The molecule has 1 aliphatic rings. The van der Waals surface area contributed by atoms with Crippen molar-refractivity contribution in [2.75, 3.05) is 19.7 Å². The van der Waals surface area contributed by atoms with E-state index in [2.05, 4.69) is 5.32 Å². The number of hydrogen-bond donors (Lipinski definition) is 1. The zero-order chi connectivity index (χ0) is 15.2. The van der Waals surface area contributed by atoms with E-state index < -0.39 is 5.97 Å². The van der Waals surface area contributed by atoms with Gasteiger partial charge in [0.2, 0.25) is 0 Å². The Morgan fingerprint density at radius 1 is 1.38 bits per heavy atom. The SMILES string of the molecule is CCOC(=O)CNC(=O)N1CCC[C@@H]1c1ccc(F)cc1. The molecule has 21 heavy (non-hydrogen) atoms. The first-order valence-electron chi connectivity index (χ1n) is 7.07. The second-order valence-electron chi connectivity index (χ2n) is 4.87. The number of urea groups is 1. The molecule has 0 unspecified atom stereocenters. The van der Waals surface area contributed by atoms with Crippen LogP contribution in [0.15, 0.2) is 24.3 Å². The Morgan fingerprint density at radius 3 is 2.76 bits per heavy atom. The zero-order valence-corrected chi connectivity index (χ0v) is 12.0. The van der Waals surface area contributed by atoms with Crippen LogP contribution < -0.4 is 5.32 Å². The van der Waals surface area contributed by atoms with Crippen molar-refractivity contribution in [1.29, 1.82) is 0 Å². The van der Waals surface area contributed by atoms with E-state index in [0.717, 1.165) is 18.4 Å². The minimum atomic E-state index is -0.455. The molecule has 5 nitrogen and oxygen atoms in total. The molecule has 0 bridgehead atoms. The van der Waals surface area contributed by atoms with Crippen LogP contribution in [0.2, 0.25) is 0 Å². The van der Waals surface area contributed by atoms with Gasteiger partial charge in [-0.05, 0) is 37.5 Å². The highest BCUT2D eigenvalue weighted by Gasteiger charge is 2.30. The minimum absolute atomic E-state index is 0.0761. The number of benzene rings is 1. The smallest absolute Gasteiger partial charge is 0.325 e. The Balaban J connectivity index is 1.96. The number of carbonyl (C=O) groups is 2. The molecule has 2 amide bonds. The lowest BCUT2D eigenvalue weighted by Gasteiger charge is -2.25. The van der Waals surface area contributed by atoms with Gasteiger partial charge in [-0.25, -0.2) is 9.18 Å². The van der Waals surface area contributed by atoms with Crippen LogP contribution in [0.3, 0.4) is 0 Å². The molecule has 1 aromatic carbocycles. The molecule has 1 atom stereocenters. The topological polar surface area (TPSA) is 58.6 Å². The standard InChI is InChI=1S/C15H19FN2O3/c1-2-21-14(19)10-17-15(20)18-9-3-4-13(18)11-5-7-12(16)8-6-11/h5-8,13H,2-4,9-10H2,1H3,(H,17,20)/t13-/m1/s1. The fourth-order valence-electron chi connectivity index (χ4n) is 2.50. The summed E-state index contributed by atoms with van der Waals surface area (Å²) in [5, 5.41) is 2.56. The maximum atomic E-state index is 13.0. The van der Waals surface area contributed by atoms with Crippen LogP contribution in [-0.2, 0) is 9.53 Å². The van der Waals surface area contributed by atoms with Gasteiger partial charge in [0.25, 0.3) is 0 Å². The van der Waals surface area contributed by atoms with Crippen molar-refractivity contribution in [1.82, 2.24) is 10.2 Å². The first kappa shape index (κ1) is 15.3. The molecular weight excluding hydrogens is 275 g/mol. The fraction of sp³-hybridized carbons (Fsp3) is 0.467. The van der Waals surface area contributed by atoms with Gasteiger partial charge in [0.05, 0.1) is 12.6 Å². The number of ether oxygens (including phenoxy) is 1. The molecular formula is C15H19FN2O3. The van der Waals surface area contributed by atoms with Crippen LogP contribution in [-0.4, -0.2) is 36.6 Å². The number of amides is 2. The van der Waals surface area contributed by atoms with Crippen molar-refractivity contribution < 1.29 is 18.7 Å². The molecule has 0 saturated carbocycles. The number of nitrogens with one attached hydrogen (secondary N) is 1. The lowest BCUT2D eigenvalue weighted by molar-refractivity contribution is -0.141. The van der Waals surface area contributed by atoms with E-state index in [4.69, 9.17) is 4.74 Å². The van der Waals surface area contributed by atoms with E-state index in [1.807, 2.05) is 0 Å². The summed E-state index contributed by atoms with van der Waals surface area (Å²) in [4.78, 5) is 25.1. The third kappa shape index (κ3) is 3.93. The monoisotopic (exact) mass is 294 g/mol. The van der Waals surface area contributed by atoms with Crippen molar-refractivity contribution in [2.24, 2.45) is 0 Å². The van der Waals surface area contributed by atoms with Crippen LogP contribution in [0.1, 0.15) is 31.4 Å². The maximum absolute atomic E-state index is 13.0. The molecule has 1 fully saturated rings. The Kier molecular flexibility index (Phi) is 5.14. The minimum Gasteiger partial charge on any atom is -0.465 e. The maximum Gasteiger partial charge on any atom is 0.325 e. The molecule has 1 saturated heterocycles. The van der Waals surface area contributed by atoms with Crippen LogP contribution in [0.4, 0.5) is 9.18 Å². The second kappa shape index (κ2) is 7.06. The van der Waals surface area contributed by atoms with E-state index in [9.17, 15) is 14.0 Å². The number of carbonyl (C=O) groups excluding carboxylic acids is 2. The quantitative estimate of drug-likeness (QED) is 0.866. The van der Waals surface area contributed by atoms with Gasteiger partial charge in [-0.3, -0.25) is 4.79 Å². The first-order chi connectivity index (χ1) is 10.1.